The Morgan fingerprint density at radius 2 is 0.515 bits per heavy atom. The molecular weight excluding hydrogens is 1220 g/mol. The minimum Gasteiger partial charge on any atom is -0.309 e. The van der Waals surface area contributed by atoms with Crippen molar-refractivity contribution in [2.24, 2.45) is 5.92 Å². The van der Waals surface area contributed by atoms with Gasteiger partial charge in [0, 0.05) is 16.2 Å². The minimum atomic E-state index is -0.479. The van der Waals surface area contributed by atoms with E-state index in [-0.39, 0.29) is 0 Å². The van der Waals surface area contributed by atoms with Gasteiger partial charge in [-0.05, 0) is 246 Å². The molecule has 3 heterocycles. The van der Waals surface area contributed by atoms with Gasteiger partial charge in [0.05, 0.1) is 17.1 Å². The highest BCUT2D eigenvalue weighted by Crippen LogP contribution is 2.68. The van der Waals surface area contributed by atoms with Crippen molar-refractivity contribution >= 4 is 109 Å². The lowest BCUT2D eigenvalue weighted by atomic mass is 9.59. The Labute approximate surface area is 589 Å². The predicted molar refractivity (Wildman–Crippen MR) is 432 cm³/mol. The Bertz CT molecular complexity index is 6120. The summed E-state index contributed by atoms with van der Waals surface area (Å²) in [7, 11) is 0. The maximum atomic E-state index is 2.80. The fourth-order valence-electron chi connectivity index (χ4n) is 19.6. The lowest BCUT2D eigenvalue weighted by Crippen LogP contribution is -2.43. The molecule has 0 saturated heterocycles. The molecule has 4 aliphatic rings. The number of nitrogens with zero attached hydrogens (tertiary/aromatic N) is 1. The van der Waals surface area contributed by atoms with Gasteiger partial charge in [-0.3, -0.25) is 0 Å². The molecule has 0 radical (unpaired) electrons. The molecule has 0 aromatic heterocycles. The van der Waals surface area contributed by atoms with Crippen molar-refractivity contribution in [1.82, 2.24) is 0 Å². The van der Waals surface area contributed by atoms with Gasteiger partial charge in [-0.2, -0.15) is 0 Å². The van der Waals surface area contributed by atoms with Gasteiger partial charge in [0.15, 0.2) is 0 Å². The first-order valence-electron chi connectivity index (χ1n) is 36.3. The van der Waals surface area contributed by atoms with E-state index in [1.165, 1.54) is 215 Å². The van der Waals surface area contributed by atoms with E-state index in [2.05, 4.69) is 351 Å². The summed E-state index contributed by atoms with van der Waals surface area (Å²) < 4.78 is 0. The van der Waals surface area contributed by atoms with Crippen LogP contribution < -0.4 is 4.90 Å². The van der Waals surface area contributed by atoms with Gasteiger partial charge in [-0.15, -0.1) is 0 Å². The molecule has 0 spiro atoms. The van der Waals surface area contributed by atoms with E-state index in [1.807, 2.05) is 0 Å². The van der Waals surface area contributed by atoms with Crippen LogP contribution in [0.2, 0.25) is 0 Å². The lowest BCUT2D eigenvalue weighted by Gasteiger charge is -2.55. The second-order valence-corrected chi connectivity index (χ2v) is 31.0. The Kier molecular flexibility index (Phi) is 12.1. The third kappa shape index (κ3) is 7.98. The summed E-state index contributed by atoms with van der Waals surface area (Å²) >= 11 is 0. The summed E-state index contributed by atoms with van der Waals surface area (Å²) in [4.78, 5) is 2.80. The van der Waals surface area contributed by atoms with E-state index in [1.54, 1.807) is 0 Å². The van der Waals surface area contributed by atoms with E-state index >= 15 is 0 Å². The van der Waals surface area contributed by atoms with Crippen LogP contribution in [-0.2, 0) is 22.7 Å². The van der Waals surface area contributed by atoms with Crippen molar-refractivity contribution in [3.05, 3.63) is 336 Å². The SMILES string of the molecule is CC1C=Cc2cccc(-c3c4ccccc4c(-c4cc5c6c(c4)C(C)(C)c4cc(-c7c8ccccc8c(-c8cccc9ccccc89)c8ccccc78)cc7c4N6c4c(cc(-c6c8ccccc8c(-c8cccc9ccccc89)c8ccccc68)cc4C7(C)C)C5(C)C)c4ccccc34)c2C1. The molecule has 0 N–H and O–H groups in total. The predicted octanol–water partition coefficient (Wildman–Crippen LogP) is 27.5. The van der Waals surface area contributed by atoms with Crippen LogP contribution in [0.3, 0.4) is 0 Å². The Balaban J connectivity index is 0.878. The van der Waals surface area contributed by atoms with Gasteiger partial charge in [0.1, 0.15) is 0 Å². The minimum absolute atomic E-state index is 0.458. The molecule has 1 atom stereocenters. The monoisotopic (exact) mass is 1290 g/mol. The maximum absolute atomic E-state index is 2.80. The molecular formula is C100H73N. The summed E-state index contributed by atoms with van der Waals surface area (Å²) in [5.74, 6) is 0.458. The van der Waals surface area contributed by atoms with Crippen molar-refractivity contribution in [1.29, 1.82) is 0 Å². The van der Waals surface area contributed by atoms with Gasteiger partial charge in [-0.25, -0.2) is 0 Å². The highest BCUT2D eigenvalue weighted by Gasteiger charge is 2.53. The summed E-state index contributed by atoms with van der Waals surface area (Å²) in [6, 6.07) is 110. The topological polar surface area (TPSA) is 3.24 Å². The first-order valence-corrected chi connectivity index (χ1v) is 36.3. The first-order chi connectivity index (χ1) is 49.3. The highest BCUT2D eigenvalue weighted by molar-refractivity contribution is 6.27. The largest absolute Gasteiger partial charge is 0.309 e. The van der Waals surface area contributed by atoms with Crippen LogP contribution in [0.15, 0.2) is 291 Å². The molecule has 21 rings (SSSR count). The smallest absolute Gasteiger partial charge is 0.0544 e. The molecule has 0 fully saturated rings. The molecule has 1 unspecified atom stereocenters. The van der Waals surface area contributed by atoms with Gasteiger partial charge < -0.3 is 4.90 Å². The van der Waals surface area contributed by atoms with Gasteiger partial charge in [0.2, 0.25) is 0 Å². The van der Waals surface area contributed by atoms with Crippen molar-refractivity contribution in [2.45, 2.75) is 71.1 Å². The van der Waals surface area contributed by atoms with Gasteiger partial charge in [0.25, 0.3) is 0 Å². The quantitative estimate of drug-likeness (QED) is 0.150. The zero-order chi connectivity index (χ0) is 67.5. The van der Waals surface area contributed by atoms with Crippen LogP contribution in [-0.4, -0.2) is 0 Å². The zero-order valence-corrected chi connectivity index (χ0v) is 58.0. The molecule has 17 aromatic rings. The van der Waals surface area contributed by atoms with Crippen LogP contribution in [0.1, 0.15) is 93.0 Å². The number of rotatable bonds is 6. The van der Waals surface area contributed by atoms with E-state index in [9.17, 15) is 0 Å². The van der Waals surface area contributed by atoms with E-state index in [4.69, 9.17) is 0 Å². The van der Waals surface area contributed by atoms with E-state index in [0.717, 1.165) is 6.42 Å². The van der Waals surface area contributed by atoms with Crippen molar-refractivity contribution in [2.75, 3.05) is 4.90 Å². The number of hydrogen-bond acceptors (Lipinski definition) is 1. The Morgan fingerprint density at radius 3 is 0.832 bits per heavy atom. The van der Waals surface area contributed by atoms with Gasteiger partial charge in [-0.1, -0.05) is 309 Å². The van der Waals surface area contributed by atoms with Gasteiger partial charge >= 0.3 is 0 Å². The molecule has 1 heteroatoms. The Morgan fingerprint density at radius 1 is 0.267 bits per heavy atom. The number of fused-ring (bicyclic) bond motifs is 9. The average molecular weight is 1290 g/mol. The van der Waals surface area contributed by atoms with Crippen LogP contribution in [0.4, 0.5) is 17.1 Å². The molecule has 478 valence electrons. The molecule has 3 aliphatic heterocycles. The lowest BCUT2D eigenvalue weighted by molar-refractivity contribution is 0.567. The van der Waals surface area contributed by atoms with Crippen molar-refractivity contribution in [3.8, 4) is 66.8 Å². The fraction of sp³-hybridized carbons (Fsp3) is 0.120. The number of benzene rings is 17. The molecule has 1 aliphatic carbocycles. The molecule has 17 aromatic carbocycles. The molecule has 0 bridgehead atoms. The molecule has 0 saturated carbocycles. The summed E-state index contributed by atoms with van der Waals surface area (Å²) in [5.41, 5.74) is 28.8. The van der Waals surface area contributed by atoms with E-state index < -0.39 is 16.2 Å². The zero-order valence-electron chi connectivity index (χ0n) is 58.0. The molecule has 1 nitrogen and oxygen atoms in total. The first kappa shape index (κ1) is 58.3. The van der Waals surface area contributed by atoms with Crippen LogP contribution >= 0.6 is 0 Å². The summed E-state index contributed by atoms with van der Waals surface area (Å²) in [6.07, 6.45) is 5.75. The van der Waals surface area contributed by atoms with Crippen LogP contribution in [0, 0.1) is 5.92 Å². The fourth-order valence-corrected chi connectivity index (χ4v) is 19.6. The Hall–Kier alpha value is -11.6. The van der Waals surface area contributed by atoms with Crippen LogP contribution in [0.5, 0.6) is 0 Å². The summed E-state index contributed by atoms with van der Waals surface area (Å²) in [5, 5.41) is 20.2. The second kappa shape index (κ2) is 21.0. The number of allylic oxidation sites excluding steroid dienone is 1. The number of anilines is 3. The second-order valence-electron chi connectivity index (χ2n) is 31.0. The maximum Gasteiger partial charge on any atom is 0.0544 e. The third-order valence-corrected chi connectivity index (χ3v) is 24.4. The number of hydrogen-bond donors (Lipinski definition) is 0. The average Bonchev–Trinajstić information content (AvgIpc) is 0.659. The third-order valence-electron chi connectivity index (χ3n) is 24.4. The molecule has 101 heavy (non-hydrogen) atoms. The van der Waals surface area contributed by atoms with Crippen molar-refractivity contribution < 1.29 is 0 Å². The normalized spacial score (nSPS) is 15.7. The highest BCUT2D eigenvalue weighted by atomic mass is 15.2. The standard InChI is InChI=1S/C100H73N/c1-58-49-50-61-31-26-48-81(82(61)51-58)94-79-44-22-16-38-73(79)91(74-39-17-23-45-80(74)94)64-56-87-97-88(57-64)100(6,7)86-55-63(90-71-36-14-20-42-77(71)93(78-43-21-15-37-72(78)90)68-47-25-30-60-28-9-11-33-66(60)68)53-84-96(86)101(97)95-83(98(84,2)3)52-62(54-85(95)99(87,4)5)89-69-34-12-18-40-75(69)92(76-41-19-13-35-70(76)89)67-46-24-29-59-27-8-10-32-65(59)67/h8-50,52-58H,51H2,1-7H3. The van der Waals surface area contributed by atoms with Crippen LogP contribution in [0.25, 0.3) is 159 Å². The van der Waals surface area contributed by atoms with Crippen molar-refractivity contribution in [3.63, 3.8) is 0 Å². The van der Waals surface area contributed by atoms with E-state index in [0.29, 0.717) is 5.92 Å². The summed E-state index contributed by atoms with van der Waals surface area (Å²) in [6.45, 7) is 17.6. The molecule has 0 amide bonds.